The number of carboxylic acid groups (broad SMARTS) is 1. The molecule has 0 spiro atoms. The fourth-order valence-electron chi connectivity index (χ4n) is 1.21. The summed E-state index contributed by atoms with van der Waals surface area (Å²) in [7, 11) is 0. The van der Waals surface area contributed by atoms with Crippen molar-refractivity contribution in [3.63, 3.8) is 0 Å². The number of aromatic carboxylic acids is 1. The van der Waals surface area contributed by atoms with Crippen molar-refractivity contribution in [1.29, 1.82) is 0 Å². The van der Waals surface area contributed by atoms with Crippen molar-refractivity contribution in [2.45, 2.75) is 6.18 Å². The molecule has 0 radical (unpaired) electrons. The topological polar surface area (TPSA) is 54.4 Å². The first-order valence-corrected chi connectivity index (χ1v) is 4.42. The van der Waals surface area contributed by atoms with Gasteiger partial charge < -0.3 is 5.11 Å². The average molecular weight is 244 g/mol. The molecule has 1 N–H and O–H groups in total. The number of allylic oxidation sites excluding steroid dienone is 1. The predicted molar refractivity (Wildman–Crippen MR) is 53.5 cm³/mol. The lowest BCUT2D eigenvalue weighted by atomic mass is 10.0. The van der Waals surface area contributed by atoms with E-state index in [2.05, 4.69) is 0 Å². The number of hydrogen-bond acceptors (Lipinski definition) is 2. The van der Waals surface area contributed by atoms with Crippen molar-refractivity contribution in [3.8, 4) is 0 Å². The van der Waals surface area contributed by atoms with Gasteiger partial charge in [-0.1, -0.05) is 12.1 Å². The summed E-state index contributed by atoms with van der Waals surface area (Å²) >= 11 is 0. The van der Waals surface area contributed by atoms with Crippen LogP contribution in [0.1, 0.15) is 21.5 Å². The molecular weight excluding hydrogens is 237 g/mol. The number of hydrogen-bond donors (Lipinski definition) is 1. The van der Waals surface area contributed by atoms with Gasteiger partial charge in [0.15, 0.2) is 0 Å². The SMILES string of the molecule is O=CC=Cc1ccc(C(F)(F)F)cc1C(=O)O. The zero-order valence-electron chi connectivity index (χ0n) is 8.36. The van der Waals surface area contributed by atoms with Gasteiger partial charge in [0.1, 0.15) is 6.29 Å². The number of aldehydes is 1. The quantitative estimate of drug-likeness (QED) is 0.656. The summed E-state index contributed by atoms with van der Waals surface area (Å²) in [6.45, 7) is 0. The number of carbonyl (C=O) groups is 2. The molecule has 0 aliphatic carbocycles. The molecule has 0 fully saturated rings. The number of rotatable bonds is 3. The Morgan fingerprint density at radius 1 is 1.29 bits per heavy atom. The number of carboxylic acids is 1. The molecule has 90 valence electrons. The lowest BCUT2D eigenvalue weighted by molar-refractivity contribution is -0.137. The third-order valence-electron chi connectivity index (χ3n) is 1.97. The van der Waals surface area contributed by atoms with Crippen LogP contribution in [0.15, 0.2) is 24.3 Å². The van der Waals surface area contributed by atoms with E-state index in [4.69, 9.17) is 5.11 Å². The Labute approximate surface area is 94.2 Å². The fraction of sp³-hybridized carbons (Fsp3) is 0.0909. The Hall–Kier alpha value is -2.11. The number of carbonyl (C=O) groups excluding carboxylic acids is 1. The molecule has 6 heteroatoms. The second kappa shape index (κ2) is 4.82. The van der Waals surface area contributed by atoms with Gasteiger partial charge in [0.25, 0.3) is 0 Å². The number of halogens is 3. The Kier molecular flexibility index (Phi) is 3.67. The van der Waals surface area contributed by atoms with E-state index in [-0.39, 0.29) is 5.56 Å². The number of alkyl halides is 3. The molecule has 0 saturated carbocycles. The van der Waals surface area contributed by atoms with Crippen molar-refractivity contribution >= 4 is 18.3 Å². The van der Waals surface area contributed by atoms with Gasteiger partial charge in [-0.25, -0.2) is 4.79 Å². The van der Waals surface area contributed by atoms with Crippen LogP contribution in [0.3, 0.4) is 0 Å². The smallest absolute Gasteiger partial charge is 0.416 e. The van der Waals surface area contributed by atoms with Crippen molar-refractivity contribution in [1.82, 2.24) is 0 Å². The summed E-state index contributed by atoms with van der Waals surface area (Å²) < 4.78 is 37.0. The van der Waals surface area contributed by atoms with Crippen LogP contribution in [0.4, 0.5) is 13.2 Å². The van der Waals surface area contributed by atoms with Crippen molar-refractivity contribution in [3.05, 3.63) is 41.0 Å². The summed E-state index contributed by atoms with van der Waals surface area (Å²) in [6, 6.07) is 2.30. The van der Waals surface area contributed by atoms with Gasteiger partial charge in [0, 0.05) is 0 Å². The molecule has 0 aliphatic heterocycles. The summed E-state index contributed by atoms with van der Waals surface area (Å²) in [5.41, 5.74) is -1.51. The number of benzene rings is 1. The first-order valence-electron chi connectivity index (χ1n) is 4.42. The van der Waals surface area contributed by atoms with Crippen LogP contribution in [0, 0.1) is 0 Å². The highest BCUT2D eigenvalue weighted by molar-refractivity contribution is 5.93. The Morgan fingerprint density at radius 2 is 1.94 bits per heavy atom. The van der Waals surface area contributed by atoms with E-state index in [1.54, 1.807) is 0 Å². The second-order valence-corrected chi connectivity index (χ2v) is 3.10. The van der Waals surface area contributed by atoms with Gasteiger partial charge >= 0.3 is 12.1 Å². The van der Waals surface area contributed by atoms with E-state index in [9.17, 15) is 22.8 Å². The maximum Gasteiger partial charge on any atom is 0.416 e. The lowest BCUT2D eigenvalue weighted by Gasteiger charge is -2.08. The van der Waals surface area contributed by atoms with Crippen molar-refractivity contribution < 1.29 is 27.9 Å². The van der Waals surface area contributed by atoms with E-state index < -0.39 is 23.3 Å². The largest absolute Gasteiger partial charge is 0.478 e. The molecule has 0 aromatic heterocycles. The normalized spacial score (nSPS) is 11.7. The Bertz CT molecular complexity index is 475. The lowest BCUT2D eigenvalue weighted by Crippen LogP contribution is -2.08. The standard InChI is InChI=1S/C11H7F3O3/c12-11(13,14)8-4-3-7(2-1-5-15)9(6-8)10(16)17/h1-6H,(H,16,17). The second-order valence-electron chi connectivity index (χ2n) is 3.10. The predicted octanol–water partition coefficient (Wildman–Crippen LogP) is 2.62. The van der Waals surface area contributed by atoms with Crippen molar-refractivity contribution in [2.24, 2.45) is 0 Å². The summed E-state index contributed by atoms with van der Waals surface area (Å²) in [6.07, 6.45) is -2.05. The van der Waals surface area contributed by atoms with Crippen LogP contribution >= 0.6 is 0 Å². The van der Waals surface area contributed by atoms with E-state index in [0.717, 1.165) is 24.3 Å². The minimum atomic E-state index is -4.60. The van der Waals surface area contributed by atoms with Crippen LogP contribution in [-0.4, -0.2) is 17.4 Å². The van der Waals surface area contributed by atoms with Crippen LogP contribution in [0.5, 0.6) is 0 Å². The fourth-order valence-corrected chi connectivity index (χ4v) is 1.21. The molecule has 0 atom stereocenters. The molecule has 0 saturated heterocycles. The van der Waals surface area contributed by atoms with E-state index in [1.807, 2.05) is 0 Å². The van der Waals surface area contributed by atoms with Crippen LogP contribution in [-0.2, 0) is 11.0 Å². The van der Waals surface area contributed by atoms with Gasteiger partial charge in [-0.15, -0.1) is 0 Å². The zero-order chi connectivity index (χ0) is 13.1. The minimum absolute atomic E-state index is 0.0394. The van der Waals surface area contributed by atoms with Gasteiger partial charge in [-0.2, -0.15) is 13.2 Å². The molecule has 17 heavy (non-hydrogen) atoms. The Morgan fingerprint density at radius 3 is 2.41 bits per heavy atom. The van der Waals surface area contributed by atoms with Gasteiger partial charge in [-0.3, -0.25) is 4.79 Å². The maximum absolute atomic E-state index is 12.3. The molecule has 1 aromatic rings. The minimum Gasteiger partial charge on any atom is -0.478 e. The van der Waals surface area contributed by atoms with E-state index in [0.29, 0.717) is 12.4 Å². The molecule has 0 bridgehead atoms. The van der Waals surface area contributed by atoms with E-state index in [1.165, 1.54) is 0 Å². The highest BCUT2D eigenvalue weighted by Crippen LogP contribution is 2.30. The summed E-state index contributed by atoms with van der Waals surface area (Å²) in [5.74, 6) is -1.48. The average Bonchev–Trinajstić information content (AvgIpc) is 2.24. The van der Waals surface area contributed by atoms with Crippen LogP contribution < -0.4 is 0 Å². The molecule has 1 rings (SSSR count). The molecule has 0 amide bonds. The molecule has 3 nitrogen and oxygen atoms in total. The first kappa shape index (κ1) is 13.0. The first-order chi connectivity index (χ1) is 7.86. The molecule has 0 heterocycles. The monoisotopic (exact) mass is 244 g/mol. The molecule has 0 unspecified atom stereocenters. The van der Waals surface area contributed by atoms with Crippen LogP contribution in [0.2, 0.25) is 0 Å². The third kappa shape index (κ3) is 3.17. The summed E-state index contributed by atoms with van der Waals surface area (Å²) in [4.78, 5) is 20.8. The highest BCUT2D eigenvalue weighted by atomic mass is 19.4. The van der Waals surface area contributed by atoms with E-state index >= 15 is 0 Å². The maximum atomic E-state index is 12.3. The molecular formula is C11H7F3O3. The van der Waals surface area contributed by atoms with Crippen molar-refractivity contribution in [2.75, 3.05) is 0 Å². The van der Waals surface area contributed by atoms with Gasteiger partial charge in [0.2, 0.25) is 0 Å². The summed E-state index contributed by atoms with van der Waals surface area (Å²) in [5, 5.41) is 8.77. The molecule has 1 aromatic carbocycles. The third-order valence-corrected chi connectivity index (χ3v) is 1.97. The molecule has 0 aliphatic rings. The van der Waals surface area contributed by atoms with Gasteiger partial charge in [-0.05, 0) is 23.8 Å². The Balaban J connectivity index is 3.32. The van der Waals surface area contributed by atoms with Gasteiger partial charge in [0.05, 0.1) is 11.1 Å². The zero-order valence-corrected chi connectivity index (χ0v) is 8.36. The highest BCUT2D eigenvalue weighted by Gasteiger charge is 2.31. The van der Waals surface area contributed by atoms with Crippen LogP contribution in [0.25, 0.3) is 6.08 Å².